The summed E-state index contributed by atoms with van der Waals surface area (Å²) >= 11 is 0. The van der Waals surface area contributed by atoms with E-state index < -0.39 is 0 Å². The van der Waals surface area contributed by atoms with E-state index in [9.17, 15) is 10.2 Å². The van der Waals surface area contributed by atoms with Crippen molar-refractivity contribution in [2.24, 2.45) is 46.3 Å². The maximum absolute atomic E-state index is 11.3. The fourth-order valence-electron chi connectivity index (χ4n) is 8.23. The summed E-state index contributed by atoms with van der Waals surface area (Å²) in [4.78, 5) is 0. The molecular weight excluding hydrogens is 356 g/mol. The second-order valence-corrected chi connectivity index (χ2v) is 11.9. The van der Waals surface area contributed by atoms with Gasteiger partial charge in [0.25, 0.3) is 0 Å². The summed E-state index contributed by atoms with van der Waals surface area (Å²) in [6.07, 6.45) is 15.7. The quantitative estimate of drug-likeness (QED) is 0.557. The summed E-state index contributed by atoms with van der Waals surface area (Å²) in [6.45, 7) is 12.0. The summed E-state index contributed by atoms with van der Waals surface area (Å²) in [6, 6.07) is 0. The number of hydrogen-bond acceptors (Lipinski definition) is 2. The van der Waals surface area contributed by atoms with Crippen LogP contribution in [0.3, 0.4) is 0 Å². The molecule has 3 saturated carbocycles. The number of aliphatic hydroxyl groups excluding tert-OH is 2. The molecule has 2 unspecified atom stereocenters. The second kappa shape index (κ2) is 7.83. The smallest absolute Gasteiger partial charge is 0.0757 e. The van der Waals surface area contributed by atoms with Gasteiger partial charge in [0.15, 0.2) is 0 Å². The largest absolute Gasteiger partial charge is 0.393 e. The van der Waals surface area contributed by atoms with Crippen LogP contribution < -0.4 is 0 Å². The van der Waals surface area contributed by atoms with Crippen LogP contribution in [0.15, 0.2) is 23.8 Å². The van der Waals surface area contributed by atoms with Gasteiger partial charge in [0.2, 0.25) is 0 Å². The van der Waals surface area contributed by atoms with Gasteiger partial charge in [-0.1, -0.05) is 58.4 Å². The highest BCUT2D eigenvalue weighted by Crippen LogP contribution is 2.67. The van der Waals surface area contributed by atoms with Gasteiger partial charge in [-0.3, -0.25) is 0 Å². The highest BCUT2D eigenvalue weighted by atomic mass is 16.3. The summed E-state index contributed by atoms with van der Waals surface area (Å²) in [5.74, 6) is 3.75. The Bertz CT molecular complexity index is 663. The van der Waals surface area contributed by atoms with Crippen molar-refractivity contribution in [1.29, 1.82) is 0 Å². The van der Waals surface area contributed by atoms with Gasteiger partial charge in [-0.15, -0.1) is 0 Å². The van der Waals surface area contributed by atoms with E-state index in [1.807, 2.05) is 0 Å². The van der Waals surface area contributed by atoms with Crippen LogP contribution in [0.2, 0.25) is 0 Å². The van der Waals surface area contributed by atoms with E-state index in [0.717, 1.165) is 31.1 Å². The van der Waals surface area contributed by atoms with Crippen LogP contribution in [0, 0.1) is 46.3 Å². The standard InChI is InChI=1S/C27H44O2/c1-17(2)7-6-8-18(3)21-9-10-22-25-23(12-14-27(21,22)5)26(4)13-11-20(28)15-19(26)16-24(25)29/h6,8,16-18,20-25,28-29H,7,9-15H2,1-5H3/t18-,20?,21-,22+,23+,24?,25+,26+,27-/m1/s1. The van der Waals surface area contributed by atoms with E-state index in [2.05, 4.69) is 52.8 Å². The maximum Gasteiger partial charge on any atom is 0.0757 e. The van der Waals surface area contributed by atoms with Crippen LogP contribution in [-0.4, -0.2) is 22.4 Å². The maximum atomic E-state index is 11.3. The molecule has 4 rings (SSSR count). The molecule has 164 valence electrons. The molecule has 0 spiro atoms. The first kappa shape index (κ1) is 21.6. The Morgan fingerprint density at radius 3 is 2.52 bits per heavy atom. The van der Waals surface area contributed by atoms with Crippen LogP contribution in [0.4, 0.5) is 0 Å². The van der Waals surface area contributed by atoms with Crippen molar-refractivity contribution in [3.05, 3.63) is 23.8 Å². The minimum absolute atomic E-state index is 0.200. The molecule has 2 nitrogen and oxygen atoms in total. The first-order chi connectivity index (χ1) is 13.7. The normalized spacial score (nSPS) is 48.2. The van der Waals surface area contributed by atoms with Crippen molar-refractivity contribution in [3.8, 4) is 0 Å². The Hall–Kier alpha value is -0.600. The number of allylic oxidation sites excluding steroid dienone is 2. The van der Waals surface area contributed by atoms with Crippen molar-refractivity contribution in [1.82, 2.24) is 0 Å². The van der Waals surface area contributed by atoms with Crippen molar-refractivity contribution >= 4 is 0 Å². The highest BCUT2D eigenvalue weighted by molar-refractivity contribution is 5.28. The lowest BCUT2D eigenvalue weighted by Crippen LogP contribution is -2.54. The molecule has 0 amide bonds. The van der Waals surface area contributed by atoms with Gasteiger partial charge in [-0.2, -0.15) is 0 Å². The van der Waals surface area contributed by atoms with Gasteiger partial charge in [0.1, 0.15) is 0 Å². The van der Waals surface area contributed by atoms with Gasteiger partial charge in [0, 0.05) is 0 Å². The van der Waals surface area contributed by atoms with Crippen molar-refractivity contribution in [2.45, 2.75) is 98.2 Å². The summed E-state index contributed by atoms with van der Waals surface area (Å²) in [7, 11) is 0. The van der Waals surface area contributed by atoms with Crippen LogP contribution >= 0.6 is 0 Å². The molecule has 0 aromatic heterocycles. The molecule has 29 heavy (non-hydrogen) atoms. The summed E-state index contributed by atoms with van der Waals surface area (Å²) in [5.41, 5.74) is 1.92. The molecule has 0 saturated heterocycles. The predicted octanol–water partition coefficient (Wildman–Crippen LogP) is 6.14. The third-order valence-electron chi connectivity index (χ3n) is 9.86. The molecule has 0 heterocycles. The Balaban J connectivity index is 1.57. The van der Waals surface area contributed by atoms with Crippen LogP contribution in [-0.2, 0) is 0 Å². The zero-order chi connectivity index (χ0) is 21.0. The Labute approximate surface area is 178 Å². The number of rotatable bonds is 4. The van der Waals surface area contributed by atoms with Gasteiger partial charge in [-0.25, -0.2) is 0 Å². The van der Waals surface area contributed by atoms with Crippen LogP contribution in [0.5, 0.6) is 0 Å². The molecule has 0 aliphatic heterocycles. The molecule has 9 atom stereocenters. The molecular formula is C27H44O2. The van der Waals surface area contributed by atoms with E-state index >= 15 is 0 Å². The average Bonchev–Trinajstić information content (AvgIpc) is 3.00. The van der Waals surface area contributed by atoms with Gasteiger partial charge < -0.3 is 10.2 Å². The molecule has 0 radical (unpaired) electrons. The molecule has 3 fully saturated rings. The summed E-state index contributed by atoms with van der Waals surface area (Å²) in [5, 5.41) is 21.5. The molecule has 2 N–H and O–H groups in total. The van der Waals surface area contributed by atoms with E-state index in [1.54, 1.807) is 0 Å². The monoisotopic (exact) mass is 400 g/mol. The highest BCUT2D eigenvalue weighted by Gasteiger charge is 2.60. The van der Waals surface area contributed by atoms with Crippen LogP contribution in [0.25, 0.3) is 0 Å². The zero-order valence-electron chi connectivity index (χ0n) is 19.4. The van der Waals surface area contributed by atoms with E-state index in [0.29, 0.717) is 29.1 Å². The molecule has 4 aliphatic carbocycles. The lowest BCUT2D eigenvalue weighted by Gasteiger charge is -2.59. The number of fused-ring (bicyclic) bond motifs is 5. The van der Waals surface area contributed by atoms with Crippen LogP contribution in [0.1, 0.15) is 86.0 Å². The molecule has 0 bridgehead atoms. The summed E-state index contributed by atoms with van der Waals surface area (Å²) < 4.78 is 0. The minimum atomic E-state index is -0.316. The fraction of sp³-hybridized carbons (Fsp3) is 0.852. The molecule has 4 aliphatic rings. The van der Waals surface area contributed by atoms with Gasteiger partial charge in [-0.05, 0) is 97.7 Å². The lowest BCUT2D eigenvalue weighted by atomic mass is 9.46. The number of hydrogen-bond donors (Lipinski definition) is 2. The first-order valence-corrected chi connectivity index (χ1v) is 12.4. The average molecular weight is 401 g/mol. The number of aliphatic hydroxyl groups is 2. The van der Waals surface area contributed by atoms with E-state index in [1.165, 1.54) is 37.7 Å². The Morgan fingerprint density at radius 1 is 1.03 bits per heavy atom. The SMILES string of the molecule is CC(C)CC=C[C@@H](C)[C@H]1CC[C@H]2[C@@H]3C(O)C=C4CC(O)CC[C@]4(C)[C@H]3CC[C@]12C. The molecule has 0 aromatic rings. The molecule has 0 aromatic carbocycles. The first-order valence-electron chi connectivity index (χ1n) is 12.4. The van der Waals surface area contributed by atoms with E-state index in [-0.39, 0.29) is 17.6 Å². The van der Waals surface area contributed by atoms with E-state index in [4.69, 9.17) is 0 Å². The fourth-order valence-corrected chi connectivity index (χ4v) is 8.23. The lowest BCUT2D eigenvalue weighted by molar-refractivity contribution is -0.0950. The molecule has 2 heteroatoms. The second-order valence-electron chi connectivity index (χ2n) is 11.9. The zero-order valence-corrected chi connectivity index (χ0v) is 19.4. The van der Waals surface area contributed by atoms with Crippen molar-refractivity contribution < 1.29 is 10.2 Å². The topological polar surface area (TPSA) is 40.5 Å². The van der Waals surface area contributed by atoms with Crippen molar-refractivity contribution in [3.63, 3.8) is 0 Å². The Morgan fingerprint density at radius 2 is 1.79 bits per heavy atom. The Kier molecular flexibility index (Phi) is 5.84. The minimum Gasteiger partial charge on any atom is -0.393 e. The third-order valence-corrected chi connectivity index (χ3v) is 9.86. The van der Waals surface area contributed by atoms with Gasteiger partial charge >= 0.3 is 0 Å². The van der Waals surface area contributed by atoms with Crippen molar-refractivity contribution in [2.75, 3.05) is 0 Å². The predicted molar refractivity (Wildman–Crippen MR) is 120 cm³/mol. The van der Waals surface area contributed by atoms with Gasteiger partial charge in [0.05, 0.1) is 12.2 Å². The third kappa shape index (κ3) is 3.57.